The van der Waals surface area contributed by atoms with Crippen molar-refractivity contribution in [3.05, 3.63) is 0 Å². The maximum atomic E-state index is 12.9. The lowest BCUT2D eigenvalue weighted by Gasteiger charge is -2.21. The van der Waals surface area contributed by atoms with Gasteiger partial charge in [0.15, 0.2) is 12.2 Å². The average molecular weight is 1160 g/mol. The highest BCUT2D eigenvalue weighted by molar-refractivity contribution is 7.47. The van der Waals surface area contributed by atoms with Gasteiger partial charge < -0.3 is 33.8 Å². The molecule has 462 valence electrons. The lowest BCUT2D eigenvalue weighted by molar-refractivity contribution is -0.161. The van der Waals surface area contributed by atoms with E-state index in [0.717, 1.165) is 102 Å². The molecule has 0 aromatic carbocycles. The van der Waals surface area contributed by atoms with Gasteiger partial charge in [-0.15, -0.1) is 0 Å². The van der Waals surface area contributed by atoms with Crippen LogP contribution in [-0.4, -0.2) is 96.7 Å². The molecule has 0 bridgehead atoms. The molecule has 19 heteroatoms. The van der Waals surface area contributed by atoms with Crippen LogP contribution in [0.15, 0.2) is 0 Å². The Bertz CT molecular complexity index is 1530. The number of aliphatic hydroxyl groups excluding tert-OH is 1. The number of hydrogen-bond acceptors (Lipinski definition) is 15. The van der Waals surface area contributed by atoms with Crippen LogP contribution in [0.4, 0.5) is 0 Å². The molecule has 5 atom stereocenters. The molecular weight excluding hydrogens is 1040 g/mol. The Morgan fingerprint density at radius 3 is 0.872 bits per heavy atom. The minimum absolute atomic E-state index is 0.0988. The zero-order valence-corrected chi connectivity index (χ0v) is 51.6. The van der Waals surface area contributed by atoms with Crippen LogP contribution in [-0.2, 0) is 65.4 Å². The second-order valence-electron chi connectivity index (χ2n) is 21.9. The molecule has 0 aliphatic carbocycles. The van der Waals surface area contributed by atoms with Crippen molar-refractivity contribution in [2.75, 3.05) is 39.6 Å². The third-order valence-corrected chi connectivity index (χ3v) is 15.4. The number of rotatable bonds is 59. The van der Waals surface area contributed by atoms with Gasteiger partial charge in [-0.25, -0.2) is 9.13 Å². The van der Waals surface area contributed by atoms with Crippen LogP contribution in [0, 0.1) is 5.92 Å². The molecular formula is C59H114O17P2. The van der Waals surface area contributed by atoms with Crippen molar-refractivity contribution in [3.63, 3.8) is 0 Å². The van der Waals surface area contributed by atoms with E-state index < -0.39 is 97.5 Å². The molecule has 0 radical (unpaired) electrons. The molecule has 0 saturated carbocycles. The lowest BCUT2D eigenvalue weighted by Crippen LogP contribution is -2.30. The van der Waals surface area contributed by atoms with Gasteiger partial charge in [0.05, 0.1) is 26.4 Å². The van der Waals surface area contributed by atoms with Crippen molar-refractivity contribution < 1.29 is 80.2 Å². The van der Waals surface area contributed by atoms with Crippen molar-refractivity contribution in [2.24, 2.45) is 5.92 Å². The van der Waals surface area contributed by atoms with Gasteiger partial charge in [-0.05, 0) is 31.6 Å². The van der Waals surface area contributed by atoms with E-state index >= 15 is 0 Å². The molecule has 0 saturated heterocycles. The van der Waals surface area contributed by atoms with Gasteiger partial charge in [0.1, 0.15) is 19.3 Å². The number of unbranched alkanes of at least 4 members (excludes halogenated alkanes) is 31. The minimum Gasteiger partial charge on any atom is -0.462 e. The molecule has 2 unspecified atom stereocenters. The minimum atomic E-state index is -4.93. The SMILES string of the molecule is CCCCCCCCCCCCC(=O)OC[C@H](COP(=O)(O)OC[C@@H](O)COP(=O)(O)OC[C@@H](COC(=O)CCCCCCC)OC(=O)CCCCCCC)OC(=O)CCCCCCCCCCCCCCCCCC(C)C. The van der Waals surface area contributed by atoms with E-state index in [-0.39, 0.29) is 25.7 Å². The molecule has 3 N–H and O–H groups in total. The molecule has 0 rings (SSSR count). The summed E-state index contributed by atoms with van der Waals surface area (Å²) in [4.78, 5) is 71.4. The fourth-order valence-corrected chi connectivity index (χ4v) is 10.3. The van der Waals surface area contributed by atoms with Crippen molar-refractivity contribution in [2.45, 2.75) is 310 Å². The van der Waals surface area contributed by atoms with Crippen LogP contribution in [0.5, 0.6) is 0 Å². The molecule has 0 heterocycles. The summed E-state index contributed by atoms with van der Waals surface area (Å²) in [5.41, 5.74) is 0. The van der Waals surface area contributed by atoms with Crippen LogP contribution in [0.25, 0.3) is 0 Å². The quantitative estimate of drug-likeness (QED) is 0.0222. The van der Waals surface area contributed by atoms with E-state index in [1.165, 1.54) is 109 Å². The Hall–Kier alpha value is -1.94. The first-order valence-corrected chi connectivity index (χ1v) is 34.1. The van der Waals surface area contributed by atoms with Crippen molar-refractivity contribution in [3.8, 4) is 0 Å². The first-order chi connectivity index (χ1) is 37.5. The van der Waals surface area contributed by atoms with Gasteiger partial charge in [-0.3, -0.25) is 37.3 Å². The number of carbonyl (C=O) groups excluding carboxylic acids is 4. The Morgan fingerprint density at radius 2 is 0.590 bits per heavy atom. The number of phosphoric ester groups is 2. The van der Waals surface area contributed by atoms with E-state index in [4.69, 9.17) is 37.0 Å². The molecule has 0 spiro atoms. The molecule has 78 heavy (non-hydrogen) atoms. The van der Waals surface area contributed by atoms with Crippen molar-refractivity contribution in [1.82, 2.24) is 0 Å². The number of aliphatic hydroxyl groups is 1. The van der Waals surface area contributed by atoms with E-state index in [1.807, 2.05) is 0 Å². The van der Waals surface area contributed by atoms with E-state index in [2.05, 4.69) is 34.6 Å². The first-order valence-electron chi connectivity index (χ1n) is 31.1. The maximum Gasteiger partial charge on any atom is 0.472 e. The molecule has 0 aliphatic heterocycles. The standard InChI is InChI=1S/C59H114O17P2/c1-6-9-12-15-16-17-26-29-34-38-43-57(62)70-49-55(76-59(64)45-40-35-30-27-24-22-20-18-19-21-23-25-28-33-36-41-52(4)5)51-74-78(67,68)72-47-53(60)46-71-77(65,66)73-50-54(75-58(63)44-39-32-14-11-8-3)48-69-56(61)42-37-31-13-10-7-2/h52-55,60H,6-51H2,1-5H3,(H,65,66)(H,67,68)/t53-,54+,55+/m0/s1. The molecule has 0 aromatic rings. The highest BCUT2D eigenvalue weighted by atomic mass is 31.2. The van der Waals surface area contributed by atoms with Crippen LogP contribution in [0.1, 0.15) is 291 Å². The fraction of sp³-hybridized carbons (Fsp3) is 0.932. The smallest absolute Gasteiger partial charge is 0.462 e. The molecule has 17 nitrogen and oxygen atoms in total. The van der Waals surface area contributed by atoms with Crippen LogP contribution >= 0.6 is 15.6 Å². The second-order valence-corrected chi connectivity index (χ2v) is 24.8. The van der Waals surface area contributed by atoms with Crippen LogP contribution in [0.2, 0.25) is 0 Å². The summed E-state index contributed by atoms with van der Waals surface area (Å²) in [7, 11) is -9.85. The van der Waals surface area contributed by atoms with Gasteiger partial charge in [-0.1, -0.05) is 240 Å². The van der Waals surface area contributed by atoms with Gasteiger partial charge in [0.2, 0.25) is 0 Å². The Morgan fingerprint density at radius 1 is 0.346 bits per heavy atom. The lowest BCUT2D eigenvalue weighted by atomic mass is 10.0. The normalized spacial score (nSPS) is 14.4. The topological polar surface area (TPSA) is 237 Å². The monoisotopic (exact) mass is 1160 g/mol. The number of ether oxygens (including phenoxy) is 4. The number of esters is 4. The van der Waals surface area contributed by atoms with Crippen LogP contribution in [0.3, 0.4) is 0 Å². The van der Waals surface area contributed by atoms with Gasteiger partial charge in [0, 0.05) is 25.7 Å². The second kappa shape index (κ2) is 53.1. The van der Waals surface area contributed by atoms with Gasteiger partial charge >= 0.3 is 39.5 Å². The predicted molar refractivity (Wildman–Crippen MR) is 308 cm³/mol. The third kappa shape index (κ3) is 53.4. The van der Waals surface area contributed by atoms with Gasteiger partial charge in [0.25, 0.3) is 0 Å². The number of hydrogen-bond donors (Lipinski definition) is 3. The maximum absolute atomic E-state index is 12.9. The van der Waals surface area contributed by atoms with E-state index in [0.29, 0.717) is 25.7 Å². The molecule has 0 amide bonds. The first kappa shape index (κ1) is 76.1. The third-order valence-electron chi connectivity index (χ3n) is 13.5. The summed E-state index contributed by atoms with van der Waals surface area (Å²) in [6.07, 6.45) is 35.6. The Kier molecular flexibility index (Phi) is 51.8. The summed E-state index contributed by atoms with van der Waals surface area (Å²) in [6, 6.07) is 0. The van der Waals surface area contributed by atoms with Crippen LogP contribution < -0.4 is 0 Å². The highest BCUT2D eigenvalue weighted by Gasteiger charge is 2.30. The summed E-state index contributed by atoms with van der Waals surface area (Å²) in [5.74, 6) is -1.36. The van der Waals surface area contributed by atoms with E-state index in [9.17, 15) is 43.2 Å². The van der Waals surface area contributed by atoms with Gasteiger partial charge in [-0.2, -0.15) is 0 Å². The molecule has 0 aliphatic rings. The Balaban J connectivity index is 5.07. The average Bonchev–Trinajstić information content (AvgIpc) is 3.40. The summed E-state index contributed by atoms with van der Waals surface area (Å²) >= 11 is 0. The summed E-state index contributed by atoms with van der Waals surface area (Å²) < 4.78 is 67.3. The summed E-state index contributed by atoms with van der Waals surface area (Å²) in [5, 5.41) is 10.5. The molecule has 0 fully saturated rings. The Labute approximate surface area is 473 Å². The largest absolute Gasteiger partial charge is 0.472 e. The molecule has 0 aromatic heterocycles. The zero-order chi connectivity index (χ0) is 57.8. The summed E-state index contributed by atoms with van der Waals surface area (Å²) in [6.45, 7) is 6.99. The fourth-order valence-electron chi connectivity index (χ4n) is 8.70. The number of phosphoric acid groups is 2. The zero-order valence-electron chi connectivity index (χ0n) is 49.8. The van der Waals surface area contributed by atoms with Crippen molar-refractivity contribution in [1.29, 1.82) is 0 Å². The van der Waals surface area contributed by atoms with E-state index in [1.54, 1.807) is 0 Å². The number of carbonyl (C=O) groups is 4. The highest BCUT2D eigenvalue weighted by Crippen LogP contribution is 2.45. The van der Waals surface area contributed by atoms with Crippen molar-refractivity contribution >= 4 is 39.5 Å². The predicted octanol–water partition coefficient (Wildman–Crippen LogP) is 15.8.